The Hall–Kier alpha value is -4.43. The highest BCUT2D eigenvalue weighted by Crippen LogP contribution is 2.51. The summed E-state index contributed by atoms with van der Waals surface area (Å²) in [6.07, 6.45) is 5.01. The molecule has 0 saturated carbocycles. The third-order valence-electron chi connectivity index (χ3n) is 11.9. The van der Waals surface area contributed by atoms with Crippen LogP contribution in [0.5, 0.6) is 0 Å². The maximum Gasteiger partial charge on any atom is 0.404 e. The van der Waals surface area contributed by atoms with Crippen molar-refractivity contribution in [3.05, 3.63) is 82.4 Å². The van der Waals surface area contributed by atoms with Crippen LogP contribution in [0.1, 0.15) is 69.5 Å². The van der Waals surface area contributed by atoms with Gasteiger partial charge in [-0.3, -0.25) is 4.79 Å². The first-order valence-electron chi connectivity index (χ1n) is 19.6. The van der Waals surface area contributed by atoms with Crippen LogP contribution in [0.2, 0.25) is 12.1 Å². The second-order valence-corrected chi connectivity index (χ2v) is 19.2. The second kappa shape index (κ2) is 15.7. The van der Waals surface area contributed by atoms with Gasteiger partial charge < -0.3 is 44.5 Å². The molecule has 3 N–H and O–H groups in total. The number of carbonyl (C=O) groups is 3. The van der Waals surface area contributed by atoms with Crippen molar-refractivity contribution in [2.75, 3.05) is 88.7 Å². The summed E-state index contributed by atoms with van der Waals surface area (Å²) in [5.41, 5.74) is 5.27. The Morgan fingerprint density at radius 2 is 1.24 bits per heavy atom. The molecule has 2 spiro atoms. The van der Waals surface area contributed by atoms with Crippen LogP contribution in [0.4, 0.5) is 16.2 Å². The Morgan fingerprint density at radius 3 is 1.78 bits per heavy atom. The number of nitrogens with one attached hydrogen (secondary N) is 2. The van der Waals surface area contributed by atoms with E-state index in [9.17, 15) is 14.4 Å². The minimum atomic E-state index is -2.24. The monoisotopic (exact) mass is 754 g/mol. The van der Waals surface area contributed by atoms with Crippen LogP contribution >= 0.6 is 0 Å². The van der Waals surface area contributed by atoms with Gasteiger partial charge in [0, 0.05) is 72.9 Å². The quantitative estimate of drug-likeness (QED) is 0.120. The highest BCUT2D eigenvalue weighted by atomic mass is 28.3. The molecule has 3 saturated heterocycles. The van der Waals surface area contributed by atoms with Gasteiger partial charge in [-0.1, -0.05) is 31.4 Å². The van der Waals surface area contributed by atoms with E-state index in [1.807, 2.05) is 6.07 Å². The third kappa shape index (κ3) is 6.76. The molecule has 5 heterocycles. The molecule has 5 aliphatic heterocycles. The average molecular weight is 755 g/mol. The number of carboxylic acid groups (broad SMARTS) is 1. The summed E-state index contributed by atoms with van der Waals surface area (Å²) in [7, 11) is -2.24. The second-order valence-electron chi connectivity index (χ2n) is 14.9. The number of hydrogen-bond acceptors (Lipinski definition) is 9. The smallest absolute Gasteiger partial charge is 0.404 e. The van der Waals surface area contributed by atoms with Gasteiger partial charge >= 0.3 is 12.1 Å². The molecule has 12 nitrogen and oxygen atoms in total. The largest absolute Gasteiger partial charge is 0.465 e. The van der Waals surface area contributed by atoms with Gasteiger partial charge in [-0.05, 0) is 77.8 Å². The topological polar surface area (TPSA) is 139 Å². The molecule has 3 aromatic carbocycles. The van der Waals surface area contributed by atoms with Crippen molar-refractivity contribution in [3.63, 3.8) is 0 Å². The summed E-state index contributed by atoms with van der Waals surface area (Å²) >= 11 is 0. The zero-order chi connectivity index (χ0) is 37.1. The number of esters is 1. The zero-order valence-corrected chi connectivity index (χ0v) is 31.8. The van der Waals surface area contributed by atoms with Crippen LogP contribution in [0, 0.1) is 0 Å². The summed E-state index contributed by atoms with van der Waals surface area (Å²) < 4.78 is 23.2. The van der Waals surface area contributed by atoms with Crippen LogP contribution in [0.15, 0.2) is 54.6 Å². The van der Waals surface area contributed by atoms with E-state index < -0.39 is 19.8 Å². The summed E-state index contributed by atoms with van der Waals surface area (Å²) in [4.78, 5) is 42.9. The predicted molar refractivity (Wildman–Crippen MR) is 208 cm³/mol. The molecule has 54 heavy (non-hydrogen) atoms. The average Bonchev–Trinajstić information content (AvgIpc) is 3.43. The molecule has 3 aromatic rings. The standard InChI is InChI=1S/C41H50N4O8Si/c46-38(42-12-18-50-20-22-52-23-21-51-19-13-43-40(48)49)29-6-9-32-35(26-29)41(53-39(32)47)33-10-7-30(44-14-4-15-44)27-36(33)54(24-2-1-3-25-54)37-28-31(8-11-34(37)41)45-16-5-17-45/h6-11,26-28,43H,1-5,12-25H2,(H,42,46)(H,48,49). The highest BCUT2D eigenvalue weighted by molar-refractivity contribution is 7.03. The Morgan fingerprint density at radius 1 is 0.685 bits per heavy atom. The lowest BCUT2D eigenvalue weighted by Crippen LogP contribution is -2.67. The predicted octanol–water partition coefficient (Wildman–Crippen LogP) is 3.68. The van der Waals surface area contributed by atoms with Crippen molar-refractivity contribution in [1.29, 1.82) is 0 Å². The Balaban J connectivity index is 1.02. The van der Waals surface area contributed by atoms with Crippen molar-refractivity contribution in [2.45, 2.75) is 49.8 Å². The molecule has 5 aliphatic rings. The highest BCUT2D eigenvalue weighted by Gasteiger charge is 2.58. The van der Waals surface area contributed by atoms with E-state index in [1.165, 1.54) is 65.9 Å². The summed E-state index contributed by atoms with van der Waals surface area (Å²) in [6.45, 7) is 6.86. The van der Waals surface area contributed by atoms with Crippen LogP contribution < -0.4 is 30.8 Å². The SMILES string of the molecule is O=C(O)NCCOCCOCCOCCNC(=O)c1ccc2c(c1)C1(OC2=O)c2ccc(N3CCC3)cc2[Si]2(CCCCC2)c2cc(N3CCC3)ccc21. The van der Waals surface area contributed by atoms with Gasteiger partial charge in [0.25, 0.3) is 5.91 Å². The van der Waals surface area contributed by atoms with Crippen LogP contribution in [0.3, 0.4) is 0 Å². The molecule has 0 aliphatic carbocycles. The molecular weight excluding hydrogens is 705 g/mol. The van der Waals surface area contributed by atoms with Crippen molar-refractivity contribution < 1.29 is 38.4 Å². The minimum Gasteiger partial charge on any atom is -0.465 e. The number of carbonyl (C=O) groups excluding carboxylic acids is 2. The van der Waals surface area contributed by atoms with E-state index in [-0.39, 0.29) is 25.0 Å². The fourth-order valence-corrected chi connectivity index (χ4v) is 14.6. The lowest BCUT2D eigenvalue weighted by molar-refractivity contribution is 0.0158. The minimum absolute atomic E-state index is 0.228. The maximum atomic E-state index is 13.9. The molecule has 3 fully saturated rings. The third-order valence-corrected chi connectivity index (χ3v) is 17.2. The number of rotatable bonds is 15. The van der Waals surface area contributed by atoms with Gasteiger partial charge in [0.05, 0.1) is 45.2 Å². The van der Waals surface area contributed by atoms with Crippen molar-refractivity contribution >= 4 is 47.8 Å². The van der Waals surface area contributed by atoms with E-state index in [0.717, 1.165) is 42.9 Å². The number of hydrogen-bond donors (Lipinski definition) is 3. The van der Waals surface area contributed by atoms with E-state index in [4.69, 9.17) is 24.1 Å². The van der Waals surface area contributed by atoms with E-state index in [1.54, 1.807) is 12.1 Å². The Labute approximate surface area is 317 Å². The molecule has 8 rings (SSSR count). The van der Waals surface area contributed by atoms with E-state index in [2.05, 4.69) is 56.8 Å². The molecular formula is C41H50N4O8Si. The molecule has 286 valence electrons. The fourth-order valence-electron chi connectivity index (χ4n) is 8.91. The van der Waals surface area contributed by atoms with E-state index in [0.29, 0.717) is 50.7 Å². The number of nitrogens with zero attached hydrogens (tertiary/aromatic N) is 2. The molecule has 2 amide bonds. The molecule has 0 radical (unpaired) electrons. The van der Waals surface area contributed by atoms with Gasteiger partial charge in [0.15, 0.2) is 5.60 Å². The number of ether oxygens (including phenoxy) is 4. The molecule has 13 heteroatoms. The Bertz CT molecular complexity index is 1820. The summed E-state index contributed by atoms with van der Waals surface area (Å²) in [5.74, 6) is -0.594. The normalized spacial score (nSPS) is 18.6. The van der Waals surface area contributed by atoms with Gasteiger partial charge in [-0.25, -0.2) is 9.59 Å². The molecule has 0 unspecified atom stereocenters. The zero-order valence-electron chi connectivity index (χ0n) is 30.8. The van der Waals surface area contributed by atoms with Gasteiger partial charge in [-0.15, -0.1) is 0 Å². The molecule has 0 aromatic heterocycles. The van der Waals surface area contributed by atoms with Crippen molar-refractivity contribution in [1.82, 2.24) is 10.6 Å². The van der Waals surface area contributed by atoms with Crippen LogP contribution in [-0.2, 0) is 24.5 Å². The number of benzene rings is 3. The lowest BCUT2D eigenvalue weighted by Gasteiger charge is -2.49. The summed E-state index contributed by atoms with van der Waals surface area (Å²) in [5, 5.41) is 16.6. The van der Waals surface area contributed by atoms with Crippen molar-refractivity contribution in [2.24, 2.45) is 0 Å². The first-order chi connectivity index (χ1) is 26.4. The van der Waals surface area contributed by atoms with E-state index >= 15 is 0 Å². The maximum absolute atomic E-state index is 13.9. The van der Waals surface area contributed by atoms with Crippen LogP contribution in [-0.4, -0.2) is 110 Å². The number of anilines is 2. The number of fused-ring (bicyclic) bond motifs is 8. The molecule has 0 bridgehead atoms. The first-order valence-corrected chi connectivity index (χ1v) is 22.0. The summed E-state index contributed by atoms with van der Waals surface area (Å²) in [6, 6.07) is 21.5. The van der Waals surface area contributed by atoms with Gasteiger partial charge in [0.2, 0.25) is 0 Å². The molecule has 0 atom stereocenters. The first kappa shape index (κ1) is 36.5. The fraction of sp³-hybridized carbons (Fsp3) is 0.488. The van der Waals surface area contributed by atoms with Gasteiger partial charge in [0.1, 0.15) is 8.07 Å². The number of amides is 2. The van der Waals surface area contributed by atoms with Crippen LogP contribution in [0.25, 0.3) is 0 Å². The Kier molecular flexibility index (Phi) is 10.6. The lowest BCUT2D eigenvalue weighted by atomic mass is 9.78. The van der Waals surface area contributed by atoms with Crippen molar-refractivity contribution in [3.8, 4) is 0 Å². The van der Waals surface area contributed by atoms with Gasteiger partial charge in [-0.2, -0.15) is 0 Å².